The van der Waals surface area contributed by atoms with Crippen LogP contribution in [0.5, 0.6) is 5.75 Å². The van der Waals surface area contributed by atoms with Gasteiger partial charge in [-0.2, -0.15) is 0 Å². The first-order valence-corrected chi connectivity index (χ1v) is 8.99. The Balaban J connectivity index is 2.71. The number of benzene rings is 1. The van der Waals surface area contributed by atoms with Crippen LogP contribution in [0.3, 0.4) is 0 Å². The van der Waals surface area contributed by atoms with Crippen molar-refractivity contribution in [2.24, 2.45) is 0 Å². The van der Waals surface area contributed by atoms with Crippen molar-refractivity contribution in [1.29, 1.82) is 0 Å². The highest BCUT2D eigenvalue weighted by Crippen LogP contribution is 2.17. The van der Waals surface area contributed by atoms with Crippen LogP contribution in [0.25, 0.3) is 0 Å². The molecule has 2 amide bonds. The van der Waals surface area contributed by atoms with Gasteiger partial charge in [0.2, 0.25) is 5.91 Å². The van der Waals surface area contributed by atoms with Gasteiger partial charge in [-0.25, -0.2) is 4.79 Å². The van der Waals surface area contributed by atoms with Crippen LogP contribution in [0, 0.1) is 6.92 Å². The predicted molar refractivity (Wildman–Crippen MR) is 103 cm³/mol. The molecule has 1 N–H and O–H groups in total. The van der Waals surface area contributed by atoms with Gasteiger partial charge < -0.3 is 19.7 Å². The maximum Gasteiger partial charge on any atom is 0.407 e. The van der Waals surface area contributed by atoms with Crippen LogP contribution in [0.15, 0.2) is 18.2 Å². The van der Waals surface area contributed by atoms with Crippen molar-refractivity contribution in [2.45, 2.75) is 46.6 Å². The van der Waals surface area contributed by atoms with E-state index in [1.54, 1.807) is 53.0 Å². The SMILES string of the molecule is CCC(=O)N(CCNC(=O)OC(C)(C)C)CC(=O)c1ccc(OC)cc1C. The number of ketones is 1. The van der Waals surface area contributed by atoms with Crippen LogP contribution in [0.2, 0.25) is 0 Å². The van der Waals surface area contributed by atoms with E-state index < -0.39 is 11.7 Å². The Hall–Kier alpha value is -2.57. The third kappa shape index (κ3) is 7.68. The molecule has 0 radical (unpaired) electrons. The van der Waals surface area contributed by atoms with Gasteiger partial charge in [0.25, 0.3) is 0 Å². The van der Waals surface area contributed by atoms with E-state index in [1.807, 2.05) is 6.92 Å². The molecule has 1 rings (SSSR count). The van der Waals surface area contributed by atoms with Crippen molar-refractivity contribution in [3.8, 4) is 5.75 Å². The van der Waals surface area contributed by atoms with Gasteiger partial charge in [-0.15, -0.1) is 0 Å². The second kappa shape index (κ2) is 9.94. The quantitative estimate of drug-likeness (QED) is 0.703. The number of methoxy groups -OCH3 is 1. The van der Waals surface area contributed by atoms with Gasteiger partial charge >= 0.3 is 6.09 Å². The van der Waals surface area contributed by atoms with Gasteiger partial charge in [0.1, 0.15) is 11.4 Å². The number of ether oxygens (including phenoxy) is 2. The first kappa shape index (κ1) is 22.5. The highest BCUT2D eigenvalue weighted by molar-refractivity contribution is 6.00. The Labute approximate surface area is 161 Å². The monoisotopic (exact) mass is 378 g/mol. The molecule has 0 saturated carbocycles. The number of hydrogen-bond donors (Lipinski definition) is 1. The van der Waals surface area contributed by atoms with E-state index >= 15 is 0 Å². The highest BCUT2D eigenvalue weighted by Gasteiger charge is 2.20. The van der Waals surface area contributed by atoms with Crippen molar-refractivity contribution < 1.29 is 23.9 Å². The lowest BCUT2D eigenvalue weighted by molar-refractivity contribution is -0.130. The summed E-state index contributed by atoms with van der Waals surface area (Å²) in [5.41, 5.74) is 0.741. The zero-order chi connectivity index (χ0) is 20.6. The maximum absolute atomic E-state index is 12.6. The molecule has 7 nitrogen and oxygen atoms in total. The van der Waals surface area contributed by atoms with E-state index in [-0.39, 0.29) is 37.7 Å². The van der Waals surface area contributed by atoms with Crippen LogP contribution < -0.4 is 10.1 Å². The van der Waals surface area contributed by atoms with Gasteiger partial charge in [0.05, 0.1) is 13.7 Å². The molecule has 0 spiro atoms. The predicted octanol–water partition coefficient (Wildman–Crippen LogP) is 2.95. The fourth-order valence-corrected chi connectivity index (χ4v) is 2.46. The largest absolute Gasteiger partial charge is 0.497 e. The lowest BCUT2D eigenvalue weighted by Crippen LogP contribution is -2.42. The molecule has 0 unspecified atom stereocenters. The minimum absolute atomic E-state index is 0.0458. The maximum atomic E-state index is 12.6. The van der Waals surface area contributed by atoms with Crippen molar-refractivity contribution in [3.63, 3.8) is 0 Å². The number of Topliss-reactive ketones (excluding diaryl/α,β-unsaturated/α-hetero) is 1. The number of alkyl carbamates (subject to hydrolysis) is 1. The summed E-state index contributed by atoms with van der Waals surface area (Å²) in [6, 6.07) is 5.20. The summed E-state index contributed by atoms with van der Waals surface area (Å²) in [5, 5.41) is 2.61. The topological polar surface area (TPSA) is 84.9 Å². The Morgan fingerprint density at radius 1 is 1.19 bits per heavy atom. The molecule has 27 heavy (non-hydrogen) atoms. The number of amides is 2. The third-order valence-corrected chi connectivity index (χ3v) is 3.77. The molecule has 0 aromatic heterocycles. The molecule has 0 heterocycles. The van der Waals surface area contributed by atoms with Crippen molar-refractivity contribution in [1.82, 2.24) is 10.2 Å². The van der Waals surface area contributed by atoms with Crippen molar-refractivity contribution in [3.05, 3.63) is 29.3 Å². The van der Waals surface area contributed by atoms with Gasteiger partial charge in [0.15, 0.2) is 5.78 Å². The Bertz CT molecular complexity index is 679. The standard InChI is InChI=1S/C20H30N2O5/c1-7-18(24)22(11-10-21-19(25)27-20(3,4)5)13-17(23)16-9-8-15(26-6)12-14(16)2/h8-9,12H,7,10-11,13H2,1-6H3,(H,21,25). The number of aryl methyl sites for hydroxylation is 1. The summed E-state index contributed by atoms with van der Waals surface area (Å²) in [4.78, 5) is 38.0. The average Bonchev–Trinajstić information content (AvgIpc) is 2.58. The second-order valence-electron chi connectivity index (χ2n) is 7.20. The normalized spacial score (nSPS) is 10.9. The Morgan fingerprint density at radius 3 is 2.37 bits per heavy atom. The molecule has 7 heteroatoms. The fourth-order valence-electron chi connectivity index (χ4n) is 2.46. The summed E-state index contributed by atoms with van der Waals surface area (Å²) in [7, 11) is 1.57. The number of nitrogens with one attached hydrogen (secondary N) is 1. The lowest BCUT2D eigenvalue weighted by atomic mass is 10.0. The van der Waals surface area contributed by atoms with E-state index in [0.717, 1.165) is 5.56 Å². The summed E-state index contributed by atoms with van der Waals surface area (Å²) in [5.74, 6) is 0.363. The summed E-state index contributed by atoms with van der Waals surface area (Å²) in [6.07, 6.45) is -0.273. The van der Waals surface area contributed by atoms with Crippen LogP contribution >= 0.6 is 0 Å². The third-order valence-electron chi connectivity index (χ3n) is 3.77. The first-order valence-electron chi connectivity index (χ1n) is 8.99. The molecule has 0 aliphatic carbocycles. The minimum atomic E-state index is -0.592. The molecule has 0 atom stereocenters. The molecule has 0 saturated heterocycles. The molecule has 150 valence electrons. The van der Waals surface area contributed by atoms with Crippen LogP contribution in [-0.4, -0.2) is 55.0 Å². The number of carbonyl (C=O) groups excluding carboxylic acids is 3. The Kier molecular flexibility index (Phi) is 8.28. The van der Waals surface area contributed by atoms with Gasteiger partial charge in [-0.1, -0.05) is 6.92 Å². The van der Waals surface area contributed by atoms with E-state index in [0.29, 0.717) is 11.3 Å². The van der Waals surface area contributed by atoms with Gasteiger partial charge in [-0.05, 0) is 51.5 Å². The molecule has 0 aliphatic rings. The molecule has 0 aliphatic heterocycles. The van der Waals surface area contributed by atoms with E-state index in [9.17, 15) is 14.4 Å². The lowest BCUT2D eigenvalue weighted by Gasteiger charge is -2.23. The van der Waals surface area contributed by atoms with E-state index in [2.05, 4.69) is 5.32 Å². The van der Waals surface area contributed by atoms with Gasteiger partial charge in [-0.3, -0.25) is 9.59 Å². The Morgan fingerprint density at radius 2 is 1.85 bits per heavy atom. The number of carbonyl (C=O) groups is 3. The molecule has 0 fully saturated rings. The number of hydrogen-bond acceptors (Lipinski definition) is 5. The number of rotatable bonds is 8. The molecular formula is C20H30N2O5. The average molecular weight is 378 g/mol. The molecule has 1 aromatic carbocycles. The first-order chi connectivity index (χ1) is 12.6. The summed E-state index contributed by atoms with van der Waals surface area (Å²) < 4.78 is 10.3. The van der Waals surface area contributed by atoms with E-state index in [4.69, 9.17) is 9.47 Å². The smallest absolute Gasteiger partial charge is 0.407 e. The summed E-state index contributed by atoms with van der Waals surface area (Å²) in [6.45, 7) is 9.27. The molecular weight excluding hydrogens is 348 g/mol. The zero-order valence-electron chi connectivity index (χ0n) is 17.0. The number of nitrogens with zero attached hydrogens (tertiary/aromatic N) is 1. The van der Waals surface area contributed by atoms with E-state index in [1.165, 1.54) is 4.90 Å². The van der Waals surface area contributed by atoms with Crippen molar-refractivity contribution in [2.75, 3.05) is 26.7 Å². The van der Waals surface area contributed by atoms with Crippen molar-refractivity contribution >= 4 is 17.8 Å². The van der Waals surface area contributed by atoms with Crippen LogP contribution in [0.4, 0.5) is 4.79 Å². The van der Waals surface area contributed by atoms with Crippen LogP contribution in [0.1, 0.15) is 50.0 Å². The molecule has 0 bridgehead atoms. The zero-order valence-corrected chi connectivity index (χ0v) is 17.0. The minimum Gasteiger partial charge on any atom is -0.497 e. The summed E-state index contributed by atoms with van der Waals surface area (Å²) >= 11 is 0. The van der Waals surface area contributed by atoms with Crippen LogP contribution in [-0.2, 0) is 9.53 Å². The fraction of sp³-hybridized carbons (Fsp3) is 0.550. The van der Waals surface area contributed by atoms with Gasteiger partial charge in [0, 0.05) is 25.1 Å². The highest BCUT2D eigenvalue weighted by atomic mass is 16.6. The second-order valence-corrected chi connectivity index (χ2v) is 7.20. The molecule has 1 aromatic rings.